The van der Waals surface area contributed by atoms with Crippen molar-refractivity contribution in [2.45, 2.75) is 50.6 Å². The number of hydrogen-bond acceptors (Lipinski definition) is 7. The summed E-state index contributed by atoms with van der Waals surface area (Å²) in [5.41, 5.74) is 2.03. The largest absolute Gasteiger partial charge is 0.353 e. The lowest BCUT2D eigenvalue weighted by molar-refractivity contribution is -0.119. The van der Waals surface area contributed by atoms with Crippen LogP contribution in [-0.2, 0) is 11.2 Å². The lowest BCUT2D eigenvalue weighted by Crippen LogP contribution is -2.34. The van der Waals surface area contributed by atoms with Crippen molar-refractivity contribution in [3.63, 3.8) is 0 Å². The highest BCUT2D eigenvalue weighted by atomic mass is 32.2. The van der Waals surface area contributed by atoms with Gasteiger partial charge in [-0.2, -0.15) is 4.98 Å². The minimum atomic E-state index is 0.0342. The number of hydrogen-bond donors (Lipinski definition) is 1. The van der Waals surface area contributed by atoms with Crippen molar-refractivity contribution in [2.24, 2.45) is 5.92 Å². The smallest absolute Gasteiger partial charge is 0.230 e. The highest BCUT2D eigenvalue weighted by Gasteiger charge is 2.21. The molecule has 0 unspecified atom stereocenters. The van der Waals surface area contributed by atoms with Crippen LogP contribution in [0.5, 0.6) is 0 Å². The van der Waals surface area contributed by atoms with E-state index in [1.54, 1.807) is 17.7 Å². The van der Waals surface area contributed by atoms with Gasteiger partial charge in [0, 0.05) is 19.1 Å². The lowest BCUT2D eigenvalue weighted by atomic mass is 10.0. The first kappa shape index (κ1) is 22.0. The SMILES string of the molecule is C[C@@H]1CCCN(c2nc3ncnc(SCC(=O)N[C@H](C)CCc4ccccc4)c3s2)C1. The number of amides is 1. The van der Waals surface area contributed by atoms with E-state index in [0.29, 0.717) is 11.7 Å². The van der Waals surface area contributed by atoms with Gasteiger partial charge in [0.2, 0.25) is 5.91 Å². The molecule has 3 aromatic rings. The highest BCUT2D eigenvalue weighted by molar-refractivity contribution is 8.00. The summed E-state index contributed by atoms with van der Waals surface area (Å²) in [4.78, 5) is 28.3. The molecule has 0 bridgehead atoms. The Labute approximate surface area is 191 Å². The van der Waals surface area contributed by atoms with Gasteiger partial charge in [-0.3, -0.25) is 4.79 Å². The number of thiazole rings is 1. The number of rotatable bonds is 8. The highest BCUT2D eigenvalue weighted by Crippen LogP contribution is 2.35. The van der Waals surface area contributed by atoms with E-state index in [9.17, 15) is 4.79 Å². The van der Waals surface area contributed by atoms with Crippen LogP contribution < -0.4 is 10.2 Å². The van der Waals surface area contributed by atoms with Gasteiger partial charge in [-0.1, -0.05) is 60.4 Å². The van der Waals surface area contributed by atoms with Gasteiger partial charge in [0.25, 0.3) is 0 Å². The first-order valence-corrected chi connectivity index (χ1v) is 12.7. The number of nitrogens with zero attached hydrogens (tertiary/aromatic N) is 4. The number of benzene rings is 1. The Kier molecular flexibility index (Phi) is 7.40. The first-order valence-electron chi connectivity index (χ1n) is 10.9. The van der Waals surface area contributed by atoms with Crippen molar-refractivity contribution < 1.29 is 4.79 Å². The van der Waals surface area contributed by atoms with Gasteiger partial charge in [-0.05, 0) is 44.1 Å². The topological polar surface area (TPSA) is 71.0 Å². The number of anilines is 1. The monoisotopic (exact) mass is 455 g/mol. The third-order valence-corrected chi connectivity index (χ3v) is 7.76. The number of carbonyl (C=O) groups excluding carboxylic acids is 1. The summed E-state index contributed by atoms with van der Waals surface area (Å²) in [5.74, 6) is 1.07. The van der Waals surface area contributed by atoms with E-state index in [1.807, 2.05) is 18.2 Å². The Morgan fingerprint density at radius 2 is 2.16 bits per heavy atom. The predicted molar refractivity (Wildman–Crippen MR) is 129 cm³/mol. The molecule has 1 aliphatic heterocycles. The van der Waals surface area contributed by atoms with Crippen molar-refractivity contribution >= 4 is 44.5 Å². The summed E-state index contributed by atoms with van der Waals surface area (Å²) in [6, 6.07) is 10.5. The Morgan fingerprint density at radius 1 is 1.32 bits per heavy atom. The second-order valence-corrected chi connectivity index (χ2v) is 10.2. The molecule has 31 heavy (non-hydrogen) atoms. The molecule has 1 aliphatic rings. The summed E-state index contributed by atoms with van der Waals surface area (Å²) in [6.07, 6.45) is 5.91. The fourth-order valence-corrected chi connectivity index (χ4v) is 5.81. The molecule has 3 heterocycles. The Morgan fingerprint density at radius 3 is 2.97 bits per heavy atom. The van der Waals surface area contributed by atoms with E-state index in [4.69, 9.17) is 4.98 Å². The minimum absolute atomic E-state index is 0.0342. The molecule has 0 spiro atoms. The van der Waals surface area contributed by atoms with Gasteiger partial charge in [0.05, 0.1) is 5.75 Å². The standard InChI is InChI=1S/C23H29N5OS2/c1-16-7-6-12-28(13-16)23-27-21-20(31-23)22(25-15-24-21)30-14-19(29)26-17(2)10-11-18-8-4-3-5-9-18/h3-5,8-9,15-17H,6-7,10-14H2,1-2H3,(H,26,29)/t16-,17-/m1/s1. The zero-order valence-electron chi connectivity index (χ0n) is 18.1. The van der Waals surface area contributed by atoms with Gasteiger partial charge < -0.3 is 10.2 Å². The van der Waals surface area contributed by atoms with Gasteiger partial charge >= 0.3 is 0 Å². The maximum atomic E-state index is 12.5. The van der Waals surface area contributed by atoms with E-state index in [1.165, 1.54) is 30.2 Å². The molecule has 1 saturated heterocycles. The van der Waals surface area contributed by atoms with Crippen molar-refractivity contribution in [2.75, 3.05) is 23.7 Å². The summed E-state index contributed by atoms with van der Waals surface area (Å²) in [7, 11) is 0. The van der Waals surface area contributed by atoms with Gasteiger partial charge in [0.15, 0.2) is 10.8 Å². The number of piperidine rings is 1. The van der Waals surface area contributed by atoms with Crippen molar-refractivity contribution in [3.8, 4) is 0 Å². The van der Waals surface area contributed by atoms with Crippen LogP contribution in [0.2, 0.25) is 0 Å². The molecule has 0 aliphatic carbocycles. The van der Waals surface area contributed by atoms with Crippen molar-refractivity contribution in [1.29, 1.82) is 0 Å². The number of carbonyl (C=O) groups is 1. The average Bonchev–Trinajstić information content (AvgIpc) is 3.22. The molecule has 1 amide bonds. The van der Waals surface area contributed by atoms with Crippen LogP contribution in [0.25, 0.3) is 10.3 Å². The molecule has 164 valence electrons. The molecule has 0 radical (unpaired) electrons. The quantitative estimate of drug-likeness (QED) is 0.397. The fourth-order valence-electron chi connectivity index (χ4n) is 3.87. The number of nitrogens with one attached hydrogen (secondary N) is 1. The zero-order chi connectivity index (χ0) is 21.6. The van der Waals surface area contributed by atoms with Crippen LogP contribution in [0.1, 0.15) is 38.7 Å². The molecular formula is C23H29N5OS2. The molecule has 6 nitrogen and oxygen atoms in total. The summed E-state index contributed by atoms with van der Waals surface area (Å²) < 4.78 is 0.977. The maximum Gasteiger partial charge on any atom is 0.230 e. The average molecular weight is 456 g/mol. The van der Waals surface area contributed by atoms with Gasteiger partial charge in [-0.15, -0.1) is 0 Å². The molecule has 0 saturated carbocycles. The molecule has 8 heteroatoms. The minimum Gasteiger partial charge on any atom is -0.353 e. The van der Waals surface area contributed by atoms with Crippen LogP contribution in [-0.4, -0.2) is 45.7 Å². The number of fused-ring (bicyclic) bond motifs is 1. The van der Waals surface area contributed by atoms with Gasteiger partial charge in [-0.25, -0.2) is 9.97 Å². The molecule has 2 aromatic heterocycles. The molecule has 1 N–H and O–H groups in total. The molecular weight excluding hydrogens is 426 g/mol. The van der Waals surface area contributed by atoms with E-state index >= 15 is 0 Å². The second kappa shape index (κ2) is 10.4. The Hall–Kier alpha value is -2.19. The van der Waals surface area contributed by atoms with Gasteiger partial charge in [0.1, 0.15) is 16.1 Å². The number of thioether (sulfide) groups is 1. The predicted octanol–water partition coefficient (Wildman–Crippen LogP) is 4.55. The zero-order valence-corrected chi connectivity index (χ0v) is 19.7. The van der Waals surface area contributed by atoms with Crippen LogP contribution in [0, 0.1) is 5.92 Å². The molecule has 1 aromatic carbocycles. The van der Waals surface area contributed by atoms with Crippen LogP contribution in [0.15, 0.2) is 41.7 Å². The Balaban J connectivity index is 1.32. The third-order valence-electron chi connectivity index (χ3n) is 5.53. The summed E-state index contributed by atoms with van der Waals surface area (Å²) in [6.45, 7) is 6.44. The Bertz CT molecular complexity index is 1010. The number of aryl methyl sites for hydroxylation is 1. The molecule has 2 atom stereocenters. The fraction of sp³-hybridized carbons (Fsp3) is 0.478. The van der Waals surface area contributed by atoms with Crippen LogP contribution in [0.3, 0.4) is 0 Å². The normalized spacial score (nSPS) is 17.6. The van der Waals surface area contributed by atoms with E-state index in [0.717, 1.165) is 46.4 Å². The molecule has 1 fully saturated rings. The van der Waals surface area contributed by atoms with Crippen molar-refractivity contribution in [3.05, 3.63) is 42.2 Å². The summed E-state index contributed by atoms with van der Waals surface area (Å²) >= 11 is 3.10. The van der Waals surface area contributed by atoms with E-state index in [-0.39, 0.29) is 11.9 Å². The van der Waals surface area contributed by atoms with E-state index < -0.39 is 0 Å². The second-order valence-electron chi connectivity index (χ2n) is 8.30. The van der Waals surface area contributed by atoms with Crippen LogP contribution in [0.4, 0.5) is 5.13 Å². The van der Waals surface area contributed by atoms with E-state index in [2.05, 4.69) is 46.2 Å². The van der Waals surface area contributed by atoms with Crippen molar-refractivity contribution in [1.82, 2.24) is 20.3 Å². The number of aromatic nitrogens is 3. The summed E-state index contributed by atoms with van der Waals surface area (Å²) in [5, 5.41) is 4.96. The first-order chi connectivity index (χ1) is 15.1. The maximum absolute atomic E-state index is 12.5. The lowest BCUT2D eigenvalue weighted by Gasteiger charge is -2.30. The third kappa shape index (κ3) is 5.95. The van der Waals surface area contributed by atoms with Crippen LogP contribution >= 0.6 is 23.1 Å². The molecule has 4 rings (SSSR count).